The van der Waals surface area contributed by atoms with Crippen molar-refractivity contribution in [3.8, 4) is 22.5 Å². The van der Waals surface area contributed by atoms with Crippen LogP contribution in [0, 0.1) is 6.92 Å². The summed E-state index contributed by atoms with van der Waals surface area (Å²) in [4.78, 5) is 5.82. The van der Waals surface area contributed by atoms with Crippen LogP contribution in [0.4, 0.5) is 0 Å². The maximum Gasteiger partial charge on any atom is 0.195 e. The van der Waals surface area contributed by atoms with Gasteiger partial charge in [0.25, 0.3) is 0 Å². The maximum absolute atomic E-state index is 6.08. The van der Waals surface area contributed by atoms with Crippen molar-refractivity contribution in [1.29, 1.82) is 0 Å². The smallest absolute Gasteiger partial charge is 0.195 e. The summed E-state index contributed by atoms with van der Waals surface area (Å²) in [5.41, 5.74) is 12.8. The van der Waals surface area contributed by atoms with Gasteiger partial charge in [-0.2, -0.15) is 0 Å². The number of nitrogens with zero attached hydrogens (tertiary/aromatic N) is 2. The van der Waals surface area contributed by atoms with E-state index in [0.717, 1.165) is 27.6 Å². The van der Waals surface area contributed by atoms with E-state index in [9.17, 15) is 0 Å². The molecule has 2 N–H and O–H groups in total. The lowest BCUT2D eigenvalue weighted by molar-refractivity contribution is 0.973. The summed E-state index contributed by atoms with van der Waals surface area (Å²) >= 11 is 1.65. The van der Waals surface area contributed by atoms with Crippen LogP contribution < -0.4 is 5.73 Å². The molecule has 114 valence electrons. The predicted molar refractivity (Wildman–Crippen MR) is 96.6 cm³/mol. The first kappa shape index (κ1) is 14.2. The van der Waals surface area contributed by atoms with Gasteiger partial charge < -0.3 is 5.73 Å². The summed E-state index contributed by atoms with van der Waals surface area (Å²) in [5, 5.41) is 2.15. The molecule has 2 heterocycles. The van der Waals surface area contributed by atoms with Gasteiger partial charge in [0.1, 0.15) is 0 Å². The molecule has 0 spiro atoms. The Labute approximate surface area is 139 Å². The molecular formula is C19H17N3S. The first-order chi connectivity index (χ1) is 11.3. The van der Waals surface area contributed by atoms with Crippen LogP contribution in [-0.4, -0.2) is 9.38 Å². The highest BCUT2D eigenvalue weighted by molar-refractivity contribution is 7.15. The Bertz CT molecular complexity index is 950. The zero-order valence-electron chi connectivity index (χ0n) is 12.9. The molecule has 0 unspecified atom stereocenters. The van der Waals surface area contributed by atoms with Crippen LogP contribution in [0.15, 0.2) is 60.0 Å². The first-order valence-corrected chi connectivity index (χ1v) is 8.47. The Kier molecular flexibility index (Phi) is 3.48. The summed E-state index contributed by atoms with van der Waals surface area (Å²) < 4.78 is 2.19. The summed E-state index contributed by atoms with van der Waals surface area (Å²) in [7, 11) is 0. The lowest BCUT2D eigenvalue weighted by Crippen LogP contribution is -2.03. The number of rotatable bonds is 3. The molecule has 0 atom stereocenters. The standard InChI is InChI=1S/C19H17N3S/c1-13-7-9-15(10-8-13)18-16(11-20)22-17(12-23-19(22)21-18)14-5-3-2-4-6-14/h2-10,12H,11,20H2,1H3. The molecule has 4 rings (SSSR count). The Balaban J connectivity index is 1.95. The number of thiazole rings is 1. The van der Waals surface area contributed by atoms with Crippen molar-refractivity contribution in [3.63, 3.8) is 0 Å². The summed E-state index contributed by atoms with van der Waals surface area (Å²) in [5.74, 6) is 0. The highest BCUT2D eigenvalue weighted by atomic mass is 32.1. The second-order valence-electron chi connectivity index (χ2n) is 5.58. The molecule has 0 saturated heterocycles. The van der Waals surface area contributed by atoms with Crippen molar-refractivity contribution < 1.29 is 0 Å². The van der Waals surface area contributed by atoms with E-state index in [1.165, 1.54) is 11.1 Å². The topological polar surface area (TPSA) is 43.3 Å². The van der Waals surface area contributed by atoms with Crippen molar-refractivity contribution in [3.05, 3.63) is 71.2 Å². The van der Waals surface area contributed by atoms with Crippen molar-refractivity contribution in [1.82, 2.24) is 9.38 Å². The monoisotopic (exact) mass is 319 g/mol. The molecule has 0 aliphatic carbocycles. The largest absolute Gasteiger partial charge is 0.325 e. The molecule has 0 bridgehead atoms. The van der Waals surface area contributed by atoms with Crippen LogP contribution in [0.25, 0.3) is 27.5 Å². The average Bonchev–Trinajstić information content (AvgIpc) is 3.15. The van der Waals surface area contributed by atoms with Gasteiger partial charge in [0.2, 0.25) is 0 Å². The van der Waals surface area contributed by atoms with Gasteiger partial charge in [-0.15, -0.1) is 11.3 Å². The van der Waals surface area contributed by atoms with Crippen LogP contribution in [0.5, 0.6) is 0 Å². The highest BCUT2D eigenvalue weighted by Gasteiger charge is 2.17. The van der Waals surface area contributed by atoms with Crippen LogP contribution in [0.1, 0.15) is 11.3 Å². The lowest BCUT2D eigenvalue weighted by atomic mass is 10.1. The van der Waals surface area contributed by atoms with Gasteiger partial charge in [0.05, 0.1) is 17.1 Å². The molecule has 23 heavy (non-hydrogen) atoms. The molecule has 4 heteroatoms. The minimum atomic E-state index is 0.459. The summed E-state index contributed by atoms with van der Waals surface area (Å²) in [6, 6.07) is 18.8. The molecule has 0 aliphatic heterocycles. The fourth-order valence-electron chi connectivity index (χ4n) is 2.86. The second kappa shape index (κ2) is 5.65. The molecule has 0 aliphatic rings. The quantitative estimate of drug-likeness (QED) is 0.604. The van der Waals surface area contributed by atoms with E-state index < -0.39 is 0 Å². The van der Waals surface area contributed by atoms with Gasteiger partial charge in [-0.25, -0.2) is 4.98 Å². The zero-order chi connectivity index (χ0) is 15.8. The number of imidazole rings is 1. The number of aryl methyl sites for hydroxylation is 1. The van der Waals surface area contributed by atoms with Crippen LogP contribution in [0.2, 0.25) is 0 Å². The molecule has 2 aromatic heterocycles. The van der Waals surface area contributed by atoms with E-state index in [2.05, 4.69) is 65.2 Å². The van der Waals surface area contributed by atoms with Gasteiger partial charge in [-0.05, 0) is 12.5 Å². The van der Waals surface area contributed by atoms with Crippen molar-refractivity contribution in [2.75, 3.05) is 0 Å². The van der Waals surface area contributed by atoms with Gasteiger partial charge in [0, 0.05) is 17.5 Å². The molecule has 2 aromatic carbocycles. The predicted octanol–water partition coefficient (Wildman–Crippen LogP) is 4.50. The van der Waals surface area contributed by atoms with Gasteiger partial charge in [-0.3, -0.25) is 4.40 Å². The second-order valence-corrected chi connectivity index (χ2v) is 6.42. The fourth-order valence-corrected chi connectivity index (χ4v) is 3.77. The lowest BCUT2D eigenvalue weighted by Gasteiger charge is -2.05. The number of hydrogen-bond acceptors (Lipinski definition) is 3. The van der Waals surface area contributed by atoms with E-state index in [4.69, 9.17) is 10.7 Å². The van der Waals surface area contributed by atoms with Gasteiger partial charge >= 0.3 is 0 Å². The zero-order valence-corrected chi connectivity index (χ0v) is 13.7. The molecule has 3 nitrogen and oxygen atoms in total. The van der Waals surface area contributed by atoms with E-state index >= 15 is 0 Å². The number of hydrogen-bond donors (Lipinski definition) is 1. The van der Waals surface area contributed by atoms with Crippen molar-refractivity contribution >= 4 is 16.3 Å². The average molecular weight is 319 g/mol. The van der Waals surface area contributed by atoms with E-state index in [1.807, 2.05) is 6.07 Å². The van der Waals surface area contributed by atoms with E-state index in [0.29, 0.717) is 6.54 Å². The summed E-state index contributed by atoms with van der Waals surface area (Å²) in [6.07, 6.45) is 0. The van der Waals surface area contributed by atoms with Crippen LogP contribution in [0.3, 0.4) is 0 Å². The number of nitrogens with two attached hydrogens (primary N) is 1. The SMILES string of the molecule is Cc1ccc(-c2nc3scc(-c4ccccc4)n3c2CN)cc1. The number of fused-ring (bicyclic) bond motifs is 1. The number of benzene rings is 2. The van der Waals surface area contributed by atoms with Crippen molar-refractivity contribution in [2.24, 2.45) is 5.73 Å². The Hall–Kier alpha value is -2.43. The highest BCUT2D eigenvalue weighted by Crippen LogP contribution is 2.32. The van der Waals surface area contributed by atoms with Crippen LogP contribution >= 0.6 is 11.3 Å². The maximum atomic E-state index is 6.08. The minimum absolute atomic E-state index is 0.459. The molecular weight excluding hydrogens is 302 g/mol. The Morgan fingerprint density at radius 1 is 1.00 bits per heavy atom. The van der Waals surface area contributed by atoms with Crippen LogP contribution in [-0.2, 0) is 6.54 Å². The Morgan fingerprint density at radius 2 is 1.74 bits per heavy atom. The normalized spacial score (nSPS) is 11.2. The third-order valence-electron chi connectivity index (χ3n) is 4.05. The first-order valence-electron chi connectivity index (χ1n) is 7.59. The third-order valence-corrected chi connectivity index (χ3v) is 4.87. The fraction of sp³-hybridized carbons (Fsp3) is 0.105. The van der Waals surface area contributed by atoms with Gasteiger partial charge in [0.15, 0.2) is 4.96 Å². The summed E-state index contributed by atoms with van der Waals surface area (Å²) in [6.45, 7) is 2.55. The Morgan fingerprint density at radius 3 is 2.43 bits per heavy atom. The molecule has 4 aromatic rings. The third kappa shape index (κ3) is 2.36. The van der Waals surface area contributed by atoms with Gasteiger partial charge in [-0.1, -0.05) is 60.2 Å². The number of aromatic nitrogens is 2. The molecule has 0 radical (unpaired) electrons. The van der Waals surface area contributed by atoms with E-state index in [1.54, 1.807) is 11.3 Å². The molecule has 0 fully saturated rings. The molecule has 0 amide bonds. The minimum Gasteiger partial charge on any atom is -0.325 e. The van der Waals surface area contributed by atoms with Crippen molar-refractivity contribution in [2.45, 2.75) is 13.5 Å². The van der Waals surface area contributed by atoms with E-state index in [-0.39, 0.29) is 0 Å². The molecule has 0 saturated carbocycles.